The summed E-state index contributed by atoms with van der Waals surface area (Å²) in [5.41, 5.74) is 9.84. The minimum Gasteiger partial charge on any atom is -0.328 e. The lowest BCUT2D eigenvalue weighted by Gasteiger charge is -1.99. The van der Waals surface area contributed by atoms with Crippen molar-refractivity contribution in [1.82, 2.24) is 5.48 Å². The fraction of sp³-hybridized carbons (Fsp3) is 0.250. The van der Waals surface area contributed by atoms with Crippen LogP contribution in [0.2, 0.25) is 0 Å². The molecule has 0 bridgehead atoms. The van der Waals surface area contributed by atoms with E-state index >= 15 is 0 Å². The van der Waals surface area contributed by atoms with E-state index in [9.17, 15) is 0 Å². The summed E-state index contributed by atoms with van der Waals surface area (Å²) in [6, 6.07) is 9.49. The second-order valence-electron chi connectivity index (χ2n) is 2.05. The molecule has 2 N–H and O–H groups in total. The lowest BCUT2D eigenvalue weighted by molar-refractivity contribution is 0.0746. The first-order valence-electron chi connectivity index (χ1n) is 3.51. The first kappa shape index (κ1) is 8.04. The highest BCUT2D eigenvalue weighted by Gasteiger charge is 1.89. The summed E-state index contributed by atoms with van der Waals surface area (Å²) >= 11 is 0. The van der Waals surface area contributed by atoms with Gasteiger partial charge >= 0.3 is 0 Å². The quantitative estimate of drug-likeness (QED) is 0.511. The maximum Gasteiger partial charge on any atom is 0.0905 e. The third kappa shape index (κ3) is 3.02. The average Bonchev–Trinajstić information content (AvgIpc) is 2.07. The molecule has 0 atom stereocenters. The van der Waals surface area contributed by atoms with Gasteiger partial charge in [0.15, 0.2) is 0 Å². The highest BCUT2D eigenvalue weighted by molar-refractivity contribution is 5.33. The summed E-state index contributed by atoms with van der Waals surface area (Å²) in [5.74, 6) is 0. The van der Waals surface area contributed by atoms with Crippen LogP contribution in [0.1, 0.15) is 0 Å². The molecule has 1 radical (unpaired) electrons. The van der Waals surface area contributed by atoms with E-state index < -0.39 is 0 Å². The number of hydrogen-bond acceptors (Lipinski definition) is 2. The van der Waals surface area contributed by atoms with E-state index in [-0.39, 0.29) is 0 Å². The van der Waals surface area contributed by atoms with Crippen molar-refractivity contribution >= 4 is 5.69 Å². The van der Waals surface area contributed by atoms with Crippen molar-refractivity contribution in [2.75, 3.05) is 13.2 Å². The third-order valence-electron chi connectivity index (χ3n) is 1.14. The van der Waals surface area contributed by atoms with Gasteiger partial charge in [-0.3, -0.25) is 4.84 Å². The van der Waals surface area contributed by atoms with Gasteiger partial charge in [0.05, 0.1) is 12.3 Å². The van der Waals surface area contributed by atoms with E-state index in [4.69, 9.17) is 10.6 Å². The normalized spacial score (nSPS) is 9.55. The highest BCUT2D eigenvalue weighted by Crippen LogP contribution is 2.04. The van der Waals surface area contributed by atoms with Crippen molar-refractivity contribution in [3.8, 4) is 0 Å². The first-order chi connectivity index (χ1) is 5.43. The molecule has 0 fully saturated rings. The van der Waals surface area contributed by atoms with Crippen LogP contribution in [0.4, 0.5) is 5.69 Å². The summed E-state index contributed by atoms with van der Waals surface area (Å²) in [6.45, 7) is 0.964. The Morgan fingerprint density at radius 1 is 1.27 bits per heavy atom. The molecule has 0 saturated carbocycles. The molecular formula is C8H11N2O. The van der Waals surface area contributed by atoms with Gasteiger partial charge in [0.2, 0.25) is 0 Å². The smallest absolute Gasteiger partial charge is 0.0905 e. The maximum absolute atomic E-state index is 5.21. The Kier molecular flexibility index (Phi) is 3.44. The molecule has 0 aromatic heterocycles. The fourth-order valence-corrected chi connectivity index (χ4v) is 0.662. The van der Waals surface area contributed by atoms with Gasteiger partial charge in [-0.25, -0.2) is 0 Å². The van der Waals surface area contributed by atoms with Gasteiger partial charge in [-0.15, -0.1) is 5.48 Å². The van der Waals surface area contributed by atoms with E-state index in [1.807, 2.05) is 30.3 Å². The molecule has 1 aromatic carbocycles. The number of hydrogen-bond donors (Lipinski definition) is 1. The molecule has 0 aliphatic heterocycles. The fourth-order valence-electron chi connectivity index (χ4n) is 0.662. The number of nitrogens with two attached hydrogens (primary N) is 1. The number of rotatable bonds is 4. The van der Waals surface area contributed by atoms with E-state index in [2.05, 4.69) is 5.48 Å². The summed E-state index contributed by atoms with van der Waals surface area (Å²) in [6.07, 6.45) is 0. The van der Waals surface area contributed by atoms with Crippen LogP contribution in [0.25, 0.3) is 0 Å². The Morgan fingerprint density at radius 3 is 2.64 bits per heavy atom. The van der Waals surface area contributed by atoms with E-state index in [0.717, 1.165) is 5.69 Å². The molecule has 1 aromatic rings. The zero-order chi connectivity index (χ0) is 7.94. The molecule has 0 heterocycles. The zero-order valence-corrected chi connectivity index (χ0v) is 6.23. The van der Waals surface area contributed by atoms with Gasteiger partial charge in [0, 0.05) is 6.54 Å². The van der Waals surface area contributed by atoms with Gasteiger partial charge in [0.1, 0.15) is 0 Å². The number of nitrogens with zero attached hydrogens (tertiary/aromatic N) is 1. The molecule has 1 rings (SSSR count). The summed E-state index contributed by atoms with van der Waals surface area (Å²) < 4.78 is 0. The molecule has 0 saturated heterocycles. The summed E-state index contributed by atoms with van der Waals surface area (Å²) in [4.78, 5) is 4.87. The minimum atomic E-state index is 0.467. The lowest BCUT2D eigenvalue weighted by Crippen LogP contribution is -2.11. The SMILES string of the molecule is NCCO[N]c1ccccc1. The van der Waals surface area contributed by atoms with Gasteiger partial charge < -0.3 is 5.73 Å². The third-order valence-corrected chi connectivity index (χ3v) is 1.14. The Morgan fingerprint density at radius 2 is 2.00 bits per heavy atom. The Labute approximate surface area is 66.1 Å². The van der Waals surface area contributed by atoms with Crippen molar-refractivity contribution in [3.05, 3.63) is 30.3 Å². The Bertz CT molecular complexity index is 189. The van der Waals surface area contributed by atoms with Crippen molar-refractivity contribution < 1.29 is 4.84 Å². The molecular weight excluding hydrogens is 140 g/mol. The Hall–Kier alpha value is -1.06. The van der Waals surface area contributed by atoms with Crippen LogP contribution >= 0.6 is 0 Å². The van der Waals surface area contributed by atoms with E-state index in [1.54, 1.807) is 0 Å². The van der Waals surface area contributed by atoms with Gasteiger partial charge in [-0.1, -0.05) is 18.2 Å². The van der Waals surface area contributed by atoms with Gasteiger partial charge in [-0.2, -0.15) is 0 Å². The van der Waals surface area contributed by atoms with Crippen LogP contribution in [0.5, 0.6) is 0 Å². The lowest BCUT2D eigenvalue weighted by atomic mass is 10.3. The molecule has 3 nitrogen and oxygen atoms in total. The topological polar surface area (TPSA) is 49.4 Å². The second kappa shape index (κ2) is 4.71. The molecule has 0 aliphatic rings. The molecule has 3 heteroatoms. The van der Waals surface area contributed by atoms with Crippen molar-refractivity contribution in [2.45, 2.75) is 0 Å². The minimum absolute atomic E-state index is 0.467. The van der Waals surface area contributed by atoms with Crippen molar-refractivity contribution in [3.63, 3.8) is 0 Å². The van der Waals surface area contributed by atoms with Crippen molar-refractivity contribution in [2.24, 2.45) is 5.73 Å². The van der Waals surface area contributed by atoms with Crippen molar-refractivity contribution in [1.29, 1.82) is 0 Å². The molecule has 11 heavy (non-hydrogen) atoms. The predicted octanol–water partition coefficient (Wildman–Crippen LogP) is 0.813. The largest absolute Gasteiger partial charge is 0.328 e. The monoisotopic (exact) mass is 151 g/mol. The maximum atomic E-state index is 5.21. The highest BCUT2D eigenvalue weighted by atomic mass is 16.6. The van der Waals surface area contributed by atoms with Crippen LogP contribution in [0.3, 0.4) is 0 Å². The van der Waals surface area contributed by atoms with Crippen LogP contribution in [-0.2, 0) is 4.84 Å². The average molecular weight is 151 g/mol. The van der Waals surface area contributed by atoms with E-state index in [1.165, 1.54) is 0 Å². The van der Waals surface area contributed by atoms with Gasteiger partial charge in [0.25, 0.3) is 0 Å². The van der Waals surface area contributed by atoms with Crippen LogP contribution in [0, 0.1) is 0 Å². The number of benzene rings is 1. The molecule has 0 aliphatic carbocycles. The van der Waals surface area contributed by atoms with E-state index in [0.29, 0.717) is 13.2 Å². The van der Waals surface area contributed by atoms with Gasteiger partial charge in [-0.05, 0) is 12.1 Å². The first-order valence-corrected chi connectivity index (χ1v) is 3.51. The molecule has 0 amide bonds. The Balaban J connectivity index is 2.28. The van der Waals surface area contributed by atoms with Crippen LogP contribution in [0.15, 0.2) is 30.3 Å². The van der Waals surface area contributed by atoms with Crippen LogP contribution in [-0.4, -0.2) is 13.2 Å². The standard InChI is InChI=1S/C8H11N2O/c9-6-7-11-10-8-4-2-1-3-5-8/h1-5H,6-7,9H2. The zero-order valence-electron chi connectivity index (χ0n) is 6.23. The summed E-state index contributed by atoms with van der Waals surface area (Å²) in [7, 11) is 0. The molecule has 0 spiro atoms. The molecule has 0 unspecified atom stereocenters. The second-order valence-corrected chi connectivity index (χ2v) is 2.05. The molecule has 59 valence electrons. The summed E-state index contributed by atoms with van der Waals surface area (Å²) in [5, 5.41) is 0. The predicted molar refractivity (Wildman–Crippen MR) is 43.2 cm³/mol. The van der Waals surface area contributed by atoms with Crippen LogP contribution < -0.4 is 11.2 Å².